The van der Waals surface area contributed by atoms with Gasteiger partial charge in [-0.1, -0.05) is 11.6 Å². The van der Waals surface area contributed by atoms with Crippen molar-refractivity contribution < 1.29 is 22.9 Å². The van der Waals surface area contributed by atoms with Gasteiger partial charge in [0, 0.05) is 6.07 Å². The molecule has 116 valence electrons. The van der Waals surface area contributed by atoms with E-state index in [2.05, 4.69) is 0 Å². The first-order valence-electron chi connectivity index (χ1n) is 5.06. The Balaban J connectivity index is 3.28. The molecule has 0 aliphatic rings. The average Bonchev–Trinajstić information content (AvgIpc) is 2.70. The third kappa shape index (κ3) is 4.10. The topological polar surface area (TPSA) is 167 Å². The lowest BCUT2D eigenvalue weighted by molar-refractivity contribution is -0.384. The summed E-state index contributed by atoms with van der Waals surface area (Å²) < 4.78 is 24.0. The number of carbonyl (C=O) groups is 2. The number of hydrogen-bond acceptors (Lipinski definition) is 7. The van der Waals surface area contributed by atoms with E-state index in [9.17, 15) is 28.1 Å². The van der Waals surface area contributed by atoms with E-state index in [4.69, 9.17) is 23.1 Å². The molecule has 0 aliphatic carbocycles. The van der Waals surface area contributed by atoms with Gasteiger partial charge in [0.2, 0.25) is 11.8 Å². The number of halogens is 1. The lowest BCUT2D eigenvalue weighted by Gasteiger charge is -2.17. The van der Waals surface area contributed by atoms with Crippen LogP contribution in [-0.4, -0.2) is 42.6 Å². The molecule has 4 N–H and O–H groups in total. The van der Waals surface area contributed by atoms with Crippen molar-refractivity contribution >= 4 is 50.5 Å². The maximum absolute atomic E-state index is 12.2. The molecule has 1 rings (SSSR count). The molecule has 0 bridgehead atoms. The average molecular weight is 357 g/mol. The molecule has 0 radical (unpaired) electrons. The van der Waals surface area contributed by atoms with Gasteiger partial charge in [-0.15, -0.1) is 11.3 Å². The molecule has 0 spiro atoms. The van der Waals surface area contributed by atoms with Gasteiger partial charge in [-0.3, -0.25) is 19.7 Å². The maximum atomic E-state index is 12.2. The largest absolute Gasteiger partial charge is 0.369 e. The minimum atomic E-state index is -4.37. The number of nitrogens with zero attached hydrogens (tertiary/aromatic N) is 2. The molecule has 21 heavy (non-hydrogen) atoms. The first-order valence-corrected chi connectivity index (χ1v) is 7.69. The summed E-state index contributed by atoms with van der Waals surface area (Å²) in [6.07, 6.45) is 0. The van der Waals surface area contributed by atoms with Gasteiger partial charge in [0.25, 0.3) is 15.7 Å². The highest BCUT2D eigenvalue weighted by atomic mass is 35.5. The van der Waals surface area contributed by atoms with E-state index in [-0.39, 0.29) is 4.34 Å². The number of thiophene rings is 1. The number of rotatable bonds is 7. The van der Waals surface area contributed by atoms with Gasteiger partial charge in [0.1, 0.15) is 4.21 Å². The summed E-state index contributed by atoms with van der Waals surface area (Å²) in [4.78, 5) is 31.6. The van der Waals surface area contributed by atoms with Gasteiger partial charge < -0.3 is 11.5 Å². The fourth-order valence-electron chi connectivity index (χ4n) is 1.29. The van der Waals surface area contributed by atoms with Gasteiger partial charge in [-0.25, -0.2) is 8.42 Å². The minimum absolute atomic E-state index is 0.350. The minimum Gasteiger partial charge on any atom is -0.369 e. The van der Waals surface area contributed by atoms with Crippen LogP contribution in [0.3, 0.4) is 0 Å². The van der Waals surface area contributed by atoms with Crippen molar-refractivity contribution in [2.75, 3.05) is 13.1 Å². The molecule has 0 aromatic carbocycles. The first kappa shape index (κ1) is 17.3. The van der Waals surface area contributed by atoms with Crippen molar-refractivity contribution in [2.24, 2.45) is 11.5 Å². The predicted molar refractivity (Wildman–Crippen MR) is 73.1 cm³/mol. The molecule has 0 fully saturated rings. The molecule has 1 aromatic heterocycles. The fourth-order valence-corrected chi connectivity index (χ4v) is 4.48. The van der Waals surface area contributed by atoms with E-state index in [0.29, 0.717) is 15.6 Å². The standard InChI is InChI=1S/C8H9ClN4O6S2/c9-8-4(13(16)17)1-7(20-8)21(18,19)12(2-5(10)14)3-6(11)15/h1H,2-3H2,(H2,10,14)(H2,11,15). The van der Waals surface area contributed by atoms with E-state index in [1.54, 1.807) is 0 Å². The number of nitrogens with two attached hydrogens (primary N) is 2. The lowest BCUT2D eigenvalue weighted by Crippen LogP contribution is -2.43. The zero-order chi connectivity index (χ0) is 16.4. The molecule has 0 saturated carbocycles. The van der Waals surface area contributed by atoms with E-state index >= 15 is 0 Å². The molecular weight excluding hydrogens is 348 g/mol. The Morgan fingerprint density at radius 2 is 1.81 bits per heavy atom. The second-order valence-corrected chi connectivity index (χ2v) is 7.51. The number of carbonyl (C=O) groups excluding carboxylic acids is 2. The van der Waals surface area contributed by atoms with Gasteiger partial charge in [0.15, 0.2) is 4.34 Å². The molecule has 0 aliphatic heterocycles. The van der Waals surface area contributed by atoms with Crippen molar-refractivity contribution in [3.05, 3.63) is 20.5 Å². The third-order valence-corrected chi connectivity index (χ3v) is 5.68. The number of amides is 2. The van der Waals surface area contributed by atoms with Crippen molar-refractivity contribution in [2.45, 2.75) is 4.21 Å². The molecule has 0 unspecified atom stereocenters. The quantitative estimate of drug-likeness (QED) is 0.482. The highest BCUT2D eigenvalue weighted by Gasteiger charge is 2.32. The Morgan fingerprint density at radius 1 is 1.33 bits per heavy atom. The molecule has 13 heteroatoms. The number of primary amides is 2. The van der Waals surface area contributed by atoms with E-state index in [1.807, 2.05) is 0 Å². The van der Waals surface area contributed by atoms with E-state index in [0.717, 1.165) is 6.07 Å². The maximum Gasteiger partial charge on any atom is 0.300 e. The van der Waals surface area contributed by atoms with Crippen LogP contribution in [0.15, 0.2) is 10.3 Å². The van der Waals surface area contributed by atoms with Crippen molar-refractivity contribution in [1.29, 1.82) is 0 Å². The van der Waals surface area contributed by atoms with Crippen LogP contribution in [-0.2, 0) is 19.6 Å². The normalized spacial score (nSPS) is 11.5. The summed E-state index contributed by atoms with van der Waals surface area (Å²) in [6.45, 7) is -1.59. The Morgan fingerprint density at radius 3 is 2.14 bits per heavy atom. The van der Waals surface area contributed by atoms with Crippen LogP contribution in [0.4, 0.5) is 5.69 Å². The van der Waals surface area contributed by atoms with Gasteiger partial charge in [0.05, 0.1) is 18.0 Å². The van der Waals surface area contributed by atoms with Gasteiger partial charge in [-0.05, 0) is 0 Å². The Bertz CT molecular complexity index is 684. The lowest BCUT2D eigenvalue weighted by atomic mass is 10.5. The second kappa shape index (κ2) is 6.34. The summed E-state index contributed by atoms with van der Waals surface area (Å²) in [6, 6.07) is 0.733. The molecule has 0 saturated heterocycles. The van der Waals surface area contributed by atoms with Crippen LogP contribution in [0.2, 0.25) is 4.34 Å². The fraction of sp³-hybridized carbons (Fsp3) is 0.250. The van der Waals surface area contributed by atoms with E-state index < -0.39 is 49.7 Å². The number of sulfonamides is 1. The summed E-state index contributed by atoms with van der Waals surface area (Å²) in [5.74, 6) is -2.03. The number of nitro groups is 1. The third-order valence-electron chi connectivity index (χ3n) is 2.10. The van der Waals surface area contributed by atoms with Gasteiger partial charge >= 0.3 is 0 Å². The van der Waals surface area contributed by atoms with Crippen LogP contribution in [0.1, 0.15) is 0 Å². The molecule has 2 amide bonds. The smallest absolute Gasteiger partial charge is 0.300 e. The Hall–Kier alpha value is -1.76. The molecule has 1 aromatic rings. The van der Waals surface area contributed by atoms with Crippen LogP contribution in [0.25, 0.3) is 0 Å². The SMILES string of the molecule is NC(=O)CN(CC(N)=O)S(=O)(=O)c1cc([N+](=O)[O-])c(Cl)s1. The Labute approximate surface area is 127 Å². The summed E-state index contributed by atoms with van der Waals surface area (Å²) >= 11 is 5.99. The van der Waals surface area contributed by atoms with Crippen LogP contribution in [0.5, 0.6) is 0 Å². The van der Waals surface area contributed by atoms with Crippen LogP contribution >= 0.6 is 22.9 Å². The monoisotopic (exact) mass is 356 g/mol. The summed E-state index contributed by atoms with van der Waals surface area (Å²) in [7, 11) is -4.37. The van der Waals surface area contributed by atoms with Gasteiger partial charge in [-0.2, -0.15) is 4.31 Å². The Kier molecular flexibility index (Phi) is 5.22. The highest BCUT2D eigenvalue weighted by molar-refractivity contribution is 7.91. The summed E-state index contributed by atoms with van der Waals surface area (Å²) in [5.41, 5.74) is 9.20. The van der Waals surface area contributed by atoms with Crippen LogP contribution in [0, 0.1) is 10.1 Å². The van der Waals surface area contributed by atoms with Crippen LogP contribution < -0.4 is 11.5 Å². The highest BCUT2D eigenvalue weighted by Crippen LogP contribution is 2.37. The molecule has 10 nitrogen and oxygen atoms in total. The predicted octanol–water partition coefficient (Wildman–Crippen LogP) is -0.729. The zero-order valence-corrected chi connectivity index (χ0v) is 12.6. The second-order valence-electron chi connectivity index (χ2n) is 3.69. The van der Waals surface area contributed by atoms with Crippen molar-refractivity contribution in [3.8, 4) is 0 Å². The molecular formula is C8H9ClN4O6S2. The molecule has 1 heterocycles. The first-order chi connectivity index (χ1) is 9.55. The van der Waals surface area contributed by atoms with E-state index in [1.165, 1.54) is 0 Å². The van der Waals surface area contributed by atoms with Crippen molar-refractivity contribution in [3.63, 3.8) is 0 Å². The molecule has 0 atom stereocenters. The van der Waals surface area contributed by atoms with Crippen molar-refractivity contribution in [1.82, 2.24) is 4.31 Å². The number of hydrogen-bond donors (Lipinski definition) is 2. The zero-order valence-electron chi connectivity index (χ0n) is 10.2. The summed E-state index contributed by atoms with van der Waals surface area (Å²) in [5, 5.41) is 10.7.